The Morgan fingerprint density at radius 1 is 1.21 bits per heavy atom. The lowest BCUT2D eigenvalue weighted by molar-refractivity contribution is -0.126. The van der Waals surface area contributed by atoms with Gasteiger partial charge in [-0.05, 0) is 37.7 Å². The molecule has 0 unspecified atom stereocenters. The van der Waals surface area contributed by atoms with Crippen LogP contribution >= 0.6 is 11.6 Å². The quantitative estimate of drug-likeness (QED) is 0.751. The largest absolute Gasteiger partial charge is 0.315 e. The summed E-state index contributed by atoms with van der Waals surface area (Å²) < 4.78 is 0. The van der Waals surface area contributed by atoms with Crippen LogP contribution in [0.3, 0.4) is 0 Å². The highest BCUT2D eigenvalue weighted by Crippen LogP contribution is 2.21. The van der Waals surface area contributed by atoms with Crippen molar-refractivity contribution in [2.45, 2.75) is 32.1 Å². The number of hydrogen-bond donors (Lipinski definition) is 0. The van der Waals surface area contributed by atoms with Crippen molar-refractivity contribution in [1.82, 2.24) is 4.90 Å². The van der Waals surface area contributed by atoms with Crippen molar-refractivity contribution in [3.63, 3.8) is 0 Å². The summed E-state index contributed by atoms with van der Waals surface area (Å²) in [5.41, 5.74) is 2.42. The molecule has 1 aromatic carbocycles. The van der Waals surface area contributed by atoms with Crippen molar-refractivity contribution in [1.29, 1.82) is 0 Å². The molecular formula is C16H20ClNO. The molecular weight excluding hydrogens is 258 g/mol. The van der Waals surface area contributed by atoms with Crippen LogP contribution in [-0.4, -0.2) is 23.2 Å². The van der Waals surface area contributed by atoms with Gasteiger partial charge in [0.1, 0.15) is 5.88 Å². The highest BCUT2D eigenvalue weighted by molar-refractivity contribution is 6.27. The molecule has 1 aromatic rings. The van der Waals surface area contributed by atoms with Gasteiger partial charge >= 0.3 is 0 Å². The molecule has 19 heavy (non-hydrogen) atoms. The van der Waals surface area contributed by atoms with Gasteiger partial charge in [-0.1, -0.05) is 36.4 Å². The second-order valence-electron chi connectivity index (χ2n) is 4.86. The molecule has 1 aliphatic rings. The molecule has 0 saturated carbocycles. The third kappa shape index (κ3) is 4.10. The number of carbonyl (C=O) groups is 1. The molecule has 2 nitrogen and oxygen atoms in total. The average molecular weight is 278 g/mol. The van der Waals surface area contributed by atoms with E-state index in [9.17, 15) is 4.79 Å². The molecule has 1 aliphatic carbocycles. The maximum absolute atomic E-state index is 12.0. The van der Waals surface area contributed by atoms with E-state index < -0.39 is 0 Å². The minimum Gasteiger partial charge on any atom is -0.315 e. The van der Waals surface area contributed by atoms with Crippen LogP contribution in [0.5, 0.6) is 0 Å². The molecule has 0 N–H and O–H groups in total. The fraction of sp³-hybridized carbons (Fsp3) is 0.438. The maximum atomic E-state index is 12.0. The van der Waals surface area contributed by atoms with Crippen LogP contribution in [0.15, 0.2) is 42.1 Å². The highest BCUT2D eigenvalue weighted by atomic mass is 35.5. The van der Waals surface area contributed by atoms with Crippen LogP contribution in [0.4, 0.5) is 0 Å². The number of rotatable bonds is 5. The second kappa shape index (κ2) is 7.34. The van der Waals surface area contributed by atoms with E-state index in [2.05, 4.69) is 18.2 Å². The SMILES string of the molecule is O=C(CCl)N(CCc1ccccc1)C1=CCCCC1. The zero-order valence-corrected chi connectivity index (χ0v) is 11.9. The lowest BCUT2D eigenvalue weighted by Crippen LogP contribution is -2.33. The number of halogens is 1. The molecule has 0 saturated heterocycles. The van der Waals surface area contributed by atoms with Crippen LogP contribution in [-0.2, 0) is 11.2 Å². The van der Waals surface area contributed by atoms with Crippen LogP contribution < -0.4 is 0 Å². The van der Waals surface area contributed by atoms with Gasteiger partial charge < -0.3 is 4.90 Å². The molecule has 0 aromatic heterocycles. The zero-order valence-electron chi connectivity index (χ0n) is 11.1. The van der Waals surface area contributed by atoms with Crippen molar-refractivity contribution < 1.29 is 4.79 Å². The summed E-state index contributed by atoms with van der Waals surface area (Å²) >= 11 is 5.73. The van der Waals surface area contributed by atoms with Gasteiger partial charge in [-0.2, -0.15) is 0 Å². The summed E-state index contributed by atoms with van der Waals surface area (Å²) in [6.07, 6.45) is 7.54. The fourth-order valence-electron chi connectivity index (χ4n) is 2.45. The summed E-state index contributed by atoms with van der Waals surface area (Å²) in [5.74, 6) is 0.0808. The molecule has 0 aliphatic heterocycles. The Balaban J connectivity index is 2.02. The molecule has 3 heteroatoms. The van der Waals surface area contributed by atoms with Crippen molar-refractivity contribution in [3.8, 4) is 0 Å². The van der Waals surface area contributed by atoms with E-state index in [0.717, 1.165) is 31.5 Å². The molecule has 0 radical (unpaired) electrons. The highest BCUT2D eigenvalue weighted by Gasteiger charge is 2.18. The summed E-state index contributed by atoms with van der Waals surface area (Å²) in [6, 6.07) is 10.3. The Labute approximate surface area is 120 Å². The van der Waals surface area contributed by atoms with Crippen LogP contribution in [0.1, 0.15) is 31.2 Å². The minimum absolute atomic E-state index is 0.0192. The normalized spacial score (nSPS) is 14.9. The first-order valence-electron chi connectivity index (χ1n) is 6.90. The Morgan fingerprint density at radius 3 is 2.63 bits per heavy atom. The first-order chi connectivity index (χ1) is 9.31. The first kappa shape index (κ1) is 14.1. The molecule has 2 rings (SSSR count). The molecule has 0 spiro atoms. The number of nitrogens with zero attached hydrogens (tertiary/aromatic N) is 1. The van der Waals surface area contributed by atoms with E-state index in [1.165, 1.54) is 18.4 Å². The molecule has 1 amide bonds. The Hall–Kier alpha value is -1.28. The lowest BCUT2D eigenvalue weighted by Gasteiger charge is -2.27. The van der Waals surface area contributed by atoms with E-state index in [0.29, 0.717) is 0 Å². The number of amides is 1. The van der Waals surface area contributed by atoms with Gasteiger partial charge in [0.25, 0.3) is 0 Å². The van der Waals surface area contributed by atoms with Gasteiger partial charge in [0.2, 0.25) is 5.91 Å². The number of alkyl halides is 1. The van der Waals surface area contributed by atoms with Crippen molar-refractivity contribution >= 4 is 17.5 Å². The van der Waals surface area contributed by atoms with E-state index in [-0.39, 0.29) is 11.8 Å². The van der Waals surface area contributed by atoms with Crippen LogP contribution in [0, 0.1) is 0 Å². The van der Waals surface area contributed by atoms with E-state index in [4.69, 9.17) is 11.6 Å². The van der Waals surface area contributed by atoms with Crippen LogP contribution in [0.25, 0.3) is 0 Å². The smallest absolute Gasteiger partial charge is 0.241 e. The summed E-state index contributed by atoms with van der Waals surface area (Å²) in [7, 11) is 0. The third-order valence-electron chi connectivity index (χ3n) is 3.50. The van der Waals surface area contributed by atoms with Gasteiger partial charge in [-0.3, -0.25) is 4.79 Å². The topological polar surface area (TPSA) is 20.3 Å². The summed E-state index contributed by atoms with van der Waals surface area (Å²) in [6.45, 7) is 0.724. The Kier molecular flexibility index (Phi) is 5.46. The Bertz CT molecular complexity index is 441. The minimum atomic E-state index is 0.0192. The predicted octanol–water partition coefficient (Wildman–Crippen LogP) is 3.75. The number of carbonyl (C=O) groups excluding carboxylic acids is 1. The van der Waals surface area contributed by atoms with E-state index in [1.54, 1.807) is 0 Å². The fourth-order valence-corrected chi connectivity index (χ4v) is 2.60. The maximum Gasteiger partial charge on any atom is 0.241 e. The van der Waals surface area contributed by atoms with E-state index in [1.807, 2.05) is 23.1 Å². The molecule has 0 fully saturated rings. The molecule has 102 valence electrons. The van der Waals surface area contributed by atoms with Crippen molar-refractivity contribution in [2.75, 3.05) is 12.4 Å². The van der Waals surface area contributed by atoms with Crippen molar-refractivity contribution in [3.05, 3.63) is 47.7 Å². The summed E-state index contributed by atoms with van der Waals surface area (Å²) in [4.78, 5) is 13.9. The van der Waals surface area contributed by atoms with Gasteiger partial charge in [0, 0.05) is 12.2 Å². The van der Waals surface area contributed by atoms with E-state index >= 15 is 0 Å². The Morgan fingerprint density at radius 2 is 2.00 bits per heavy atom. The summed E-state index contributed by atoms with van der Waals surface area (Å²) in [5, 5.41) is 0. The lowest BCUT2D eigenvalue weighted by atomic mass is 10.0. The standard InChI is InChI=1S/C16H20ClNO/c17-13-16(19)18(15-9-5-2-6-10-15)12-11-14-7-3-1-4-8-14/h1,3-4,7-9H,2,5-6,10-13H2. The third-order valence-corrected chi connectivity index (χ3v) is 3.72. The predicted molar refractivity (Wildman–Crippen MR) is 79.1 cm³/mol. The molecule has 0 heterocycles. The number of hydrogen-bond acceptors (Lipinski definition) is 1. The van der Waals surface area contributed by atoms with Gasteiger partial charge in [-0.25, -0.2) is 0 Å². The van der Waals surface area contributed by atoms with Crippen LogP contribution in [0.2, 0.25) is 0 Å². The molecule has 0 bridgehead atoms. The van der Waals surface area contributed by atoms with Gasteiger partial charge in [0.15, 0.2) is 0 Å². The van der Waals surface area contributed by atoms with Crippen molar-refractivity contribution in [2.24, 2.45) is 0 Å². The zero-order chi connectivity index (χ0) is 13.5. The molecule has 0 atom stereocenters. The number of benzene rings is 1. The van der Waals surface area contributed by atoms with Gasteiger partial charge in [0.05, 0.1) is 0 Å². The number of allylic oxidation sites excluding steroid dienone is 2. The monoisotopic (exact) mass is 277 g/mol. The van der Waals surface area contributed by atoms with Gasteiger partial charge in [-0.15, -0.1) is 11.6 Å². The second-order valence-corrected chi connectivity index (χ2v) is 5.12. The first-order valence-corrected chi connectivity index (χ1v) is 7.44. The average Bonchev–Trinajstić information content (AvgIpc) is 2.49.